The molecule has 0 aromatic carbocycles. The lowest BCUT2D eigenvalue weighted by molar-refractivity contribution is -0.140. The summed E-state index contributed by atoms with van der Waals surface area (Å²) in [4.78, 5) is 34.3. The second-order valence-corrected chi connectivity index (χ2v) is 5.24. The number of carbonyl (C=O) groups excluding carboxylic acids is 2. The van der Waals surface area contributed by atoms with Crippen LogP contribution in [0.3, 0.4) is 0 Å². The Morgan fingerprint density at radius 3 is 2.22 bits per heavy atom. The molecule has 1 aliphatic carbocycles. The average Bonchev–Trinajstić information content (AvgIpc) is 2.82. The van der Waals surface area contributed by atoms with Gasteiger partial charge >= 0.3 is 5.97 Å². The molecule has 0 radical (unpaired) electrons. The molecule has 2 amide bonds. The number of hydrogen-bond donors (Lipinski definition) is 3. The van der Waals surface area contributed by atoms with Crippen LogP contribution >= 0.6 is 0 Å². The van der Waals surface area contributed by atoms with Gasteiger partial charge in [-0.2, -0.15) is 0 Å². The number of carboxylic acid groups (broad SMARTS) is 1. The molecule has 3 unspecified atom stereocenters. The van der Waals surface area contributed by atoms with Gasteiger partial charge in [0.25, 0.3) is 0 Å². The first-order valence-corrected chi connectivity index (χ1v) is 6.04. The van der Waals surface area contributed by atoms with Crippen molar-refractivity contribution in [1.29, 1.82) is 0 Å². The van der Waals surface area contributed by atoms with Crippen LogP contribution in [-0.2, 0) is 14.4 Å². The van der Waals surface area contributed by atoms with E-state index in [4.69, 9.17) is 5.11 Å². The van der Waals surface area contributed by atoms with Crippen LogP contribution in [0.15, 0.2) is 0 Å². The van der Waals surface area contributed by atoms with Gasteiger partial charge in [0, 0.05) is 6.54 Å². The van der Waals surface area contributed by atoms with Crippen LogP contribution < -0.4 is 10.6 Å². The van der Waals surface area contributed by atoms with Crippen molar-refractivity contribution in [3.8, 4) is 0 Å². The molecule has 6 nitrogen and oxygen atoms in total. The van der Waals surface area contributed by atoms with Crippen LogP contribution in [0.25, 0.3) is 0 Å². The van der Waals surface area contributed by atoms with Gasteiger partial charge in [-0.05, 0) is 19.3 Å². The topological polar surface area (TPSA) is 95.5 Å². The van der Waals surface area contributed by atoms with E-state index >= 15 is 0 Å². The van der Waals surface area contributed by atoms with Crippen molar-refractivity contribution in [3.05, 3.63) is 0 Å². The van der Waals surface area contributed by atoms with Gasteiger partial charge in [0.1, 0.15) is 6.04 Å². The third kappa shape index (κ3) is 2.63. The number of carboxylic acids is 1. The third-order valence-electron chi connectivity index (χ3n) is 3.48. The van der Waals surface area contributed by atoms with Crippen molar-refractivity contribution in [3.63, 3.8) is 0 Å². The van der Waals surface area contributed by atoms with Crippen LogP contribution in [0.4, 0.5) is 0 Å². The Morgan fingerprint density at radius 2 is 1.83 bits per heavy atom. The summed E-state index contributed by atoms with van der Waals surface area (Å²) in [5.74, 6) is -2.83. The number of likely N-dealkylation sites (N-methyl/N-ethyl adjacent to an activating group) is 1. The van der Waals surface area contributed by atoms with Gasteiger partial charge in [0.05, 0.1) is 11.8 Å². The van der Waals surface area contributed by atoms with Crippen LogP contribution in [0.5, 0.6) is 0 Å². The summed E-state index contributed by atoms with van der Waals surface area (Å²) in [5.41, 5.74) is -0.545. The van der Waals surface area contributed by atoms with Gasteiger partial charge in [-0.1, -0.05) is 13.8 Å². The molecule has 0 aromatic rings. The smallest absolute Gasteiger partial charge is 0.307 e. The minimum Gasteiger partial charge on any atom is -0.481 e. The van der Waals surface area contributed by atoms with E-state index < -0.39 is 29.3 Å². The summed E-state index contributed by atoms with van der Waals surface area (Å²) in [6.07, 6.45) is 0. The van der Waals surface area contributed by atoms with E-state index in [0.717, 1.165) is 0 Å². The van der Waals surface area contributed by atoms with Crippen molar-refractivity contribution >= 4 is 17.8 Å². The Morgan fingerprint density at radius 1 is 1.28 bits per heavy atom. The molecule has 0 saturated heterocycles. The van der Waals surface area contributed by atoms with Crippen molar-refractivity contribution in [2.45, 2.75) is 33.7 Å². The molecule has 1 rings (SSSR count). The summed E-state index contributed by atoms with van der Waals surface area (Å²) in [6, 6.07) is -0.650. The first-order chi connectivity index (χ1) is 8.23. The zero-order chi connectivity index (χ0) is 14.1. The molecule has 18 heavy (non-hydrogen) atoms. The highest BCUT2D eigenvalue weighted by molar-refractivity contribution is 5.94. The fourth-order valence-electron chi connectivity index (χ4n) is 2.28. The molecule has 102 valence electrons. The van der Waals surface area contributed by atoms with Crippen molar-refractivity contribution in [1.82, 2.24) is 10.6 Å². The molecular weight excluding hydrogens is 236 g/mol. The zero-order valence-corrected chi connectivity index (χ0v) is 11.1. The van der Waals surface area contributed by atoms with Gasteiger partial charge in [-0.25, -0.2) is 0 Å². The van der Waals surface area contributed by atoms with Crippen LogP contribution in [0.2, 0.25) is 0 Å². The Labute approximate surface area is 106 Å². The summed E-state index contributed by atoms with van der Waals surface area (Å²) in [5, 5.41) is 14.1. The van der Waals surface area contributed by atoms with E-state index in [0.29, 0.717) is 6.54 Å². The second-order valence-electron chi connectivity index (χ2n) is 5.24. The summed E-state index contributed by atoms with van der Waals surface area (Å²) >= 11 is 0. The molecule has 3 atom stereocenters. The molecule has 0 aromatic heterocycles. The monoisotopic (exact) mass is 256 g/mol. The highest BCUT2D eigenvalue weighted by Crippen LogP contribution is 2.58. The zero-order valence-electron chi connectivity index (χ0n) is 11.1. The maximum Gasteiger partial charge on any atom is 0.307 e. The summed E-state index contributed by atoms with van der Waals surface area (Å²) < 4.78 is 0. The molecule has 3 N–H and O–H groups in total. The normalized spacial score (nSPS) is 26.0. The van der Waals surface area contributed by atoms with Crippen LogP contribution in [0, 0.1) is 17.3 Å². The number of carbonyl (C=O) groups is 3. The molecule has 1 aliphatic rings. The van der Waals surface area contributed by atoms with Gasteiger partial charge in [-0.15, -0.1) is 0 Å². The first kappa shape index (κ1) is 14.5. The van der Waals surface area contributed by atoms with Crippen molar-refractivity contribution < 1.29 is 19.5 Å². The third-order valence-corrected chi connectivity index (χ3v) is 3.48. The number of rotatable bonds is 5. The molecule has 1 fully saturated rings. The Bertz CT molecular complexity index is 378. The number of hydrogen-bond acceptors (Lipinski definition) is 3. The molecule has 0 heterocycles. The Balaban J connectivity index is 2.58. The van der Waals surface area contributed by atoms with E-state index in [1.807, 2.05) is 0 Å². The van der Waals surface area contributed by atoms with Crippen molar-refractivity contribution in [2.24, 2.45) is 17.3 Å². The van der Waals surface area contributed by atoms with Crippen LogP contribution in [0.1, 0.15) is 27.7 Å². The molecule has 0 aliphatic heterocycles. The number of amides is 2. The van der Waals surface area contributed by atoms with E-state index in [9.17, 15) is 14.4 Å². The number of aliphatic carboxylic acids is 1. The Hall–Kier alpha value is -1.59. The standard InChI is InChI=1S/C12H20N2O4/c1-5-13-9(15)6(2)14-10(16)7-8(11(17)18)12(7,3)4/h6-8H,5H2,1-4H3,(H,13,15)(H,14,16)(H,17,18). The summed E-state index contributed by atoms with van der Waals surface area (Å²) in [7, 11) is 0. The summed E-state index contributed by atoms with van der Waals surface area (Å²) in [6.45, 7) is 7.34. The van der Waals surface area contributed by atoms with Gasteiger partial charge in [0.15, 0.2) is 0 Å². The second kappa shape index (κ2) is 4.96. The molecule has 0 spiro atoms. The van der Waals surface area contributed by atoms with Gasteiger partial charge in [0.2, 0.25) is 11.8 Å². The molecule has 0 bridgehead atoms. The average molecular weight is 256 g/mol. The van der Waals surface area contributed by atoms with E-state index in [2.05, 4.69) is 10.6 Å². The highest BCUT2D eigenvalue weighted by atomic mass is 16.4. The SMILES string of the molecule is CCNC(=O)C(C)NC(=O)C1C(C(=O)O)C1(C)C. The maximum absolute atomic E-state index is 11.9. The fourth-order valence-corrected chi connectivity index (χ4v) is 2.28. The van der Waals surface area contributed by atoms with E-state index in [-0.39, 0.29) is 11.8 Å². The molecule has 6 heteroatoms. The highest BCUT2D eigenvalue weighted by Gasteiger charge is 2.66. The lowest BCUT2D eigenvalue weighted by Crippen LogP contribution is -2.45. The van der Waals surface area contributed by atoms with Gasteiger partial charge in [-0.3, -0.25) is 14.4 Å². The largest absolute Gasteiger partial charge is 0.481 e. The fraction of sp³-hybridized carbons (Fsp3) is 0.750. The quantitative estimate of drug-likeness (QED) is 0.644. The molecule has 1 saturated carbocycles. The molecular formula is C12H20N2O4. The van der Waals surface area contributed by atoms with E-state index in [1.165, 1.54) is 0 Å². The predicted molar refractivity (Wildman–Crippen MR) is 64.7 cm³/mol. The lowest BCUT2D eigenvalue weighted by atomic mass is 10.1. The maximum atomic E-state index is 11.9. The Kier molecular flexibility index (Phi) is 3.98. The van der Waals surface area contributed by atoms with Gasteiger partial charge < -0.3 is 15.7 Å². The van der Waals surface area contributed by atoms with Crippen LogP contribution in [-0.4, -0.2) is 35.5 Å². The predicted octanol–water partition coefficient (Wildman–Crippen LogP) is -0.0160. The minimum absolute atomic E-state index is 0.267. The number of nitrogens with one attached hydrogen (secondary N) is 2. The van der Waals surface area contributed by atoms with E-state index in [1.54, 1.807) is 27.7 Å². The first-order valence-electron chi connectivity index (χ1n) is 6.04. The lowest BCUT2D eigenvalue weighted by Gasteiger charge is -2.13. The van der Waals surface area contributed by atoms with Crippen molar-refractivity contribution in [2.75, 3.05) is 6.54 Å². The minimum atomic E-state index is -0.967.